The van der Waals surface area contributed by atoms with Crippen LogP contribution in [0.2, 0.25) is 5.02 Å². The first-order valence-electron chi connectivity index (χ1n) is 4.97. The normalized spacial score (nSPS) is 13.6. The molecule has 0 bridgehead atoms. The molecule has 0 amide bonds. The van der Waals surface area contributed by atoms with Crippen molar-refractivity contribution in [2.24, 2.45) is 0 Å². The molecule has 17 heavy (non-hydrogen) atoms. The number of nitrogens with two attached hydrogens (primary N) is 1. The van der Waals surface area contributed by atoms with Gasteiger partial charge in [-0.15, -0.1) is 0 Å². The summed E-state index contributed by atoms with van der Waals surface area (Å²) in [7, 11) is -3.67. The van der Waals surface area contributed by atoms with E-state index in [1.165, 1.54) is 19.1 Å². The zero-order valence-electron chi connectivity index (χ0n) is 9.57. The van der Waals surface area contributed by atoms with Crippen molar-refractivity contribution in [1.82, 2.24) is 4.72 Å². The van der Waals surface area contributed by atoms with Crippen LogP contribution in [-0.2, 0) is 10.0 Å². The van der Waals surface area contributed by atoms with Crippen molar-refractivity contribution >= 4 is 27.3 Å². The summed E-state index contributed by atoms with van der Waals surface area (Å²) in [5, 5.41) is 9.39. The maximum Gasteiger partial charge on any atom is 0.240 e. The van der Waals surface area contributed by atoms with E-state index >= 15 is 0 Å². The Bertz CT molecular complexity index is 491. The van der Waals surface area contributed by atoms with E-state index in [1.807, 2.05) is 0 Å². The minimum absolute atomic E-state index is 0.0394. The van der Waals surface area contributed by atoms with Gasteiger partial charge in [0.15, 0.2) is 0 Å². The molecule has 96 valence electrons. The number of hydrogen-bond donors (Lipinski definition) is 3. The number of aliphatic hydroxyl groups is 1. The highest BCUT2D eigenvalue weighted by Crippen LogP contribution is 2.26. The number of benzene rings is 1. The molecule has 0 aliphatic heterocycles. The molecule has 0 radical (unpaired) electrons. The van der Waals surface area contributed by atoms with Gasteiger partial charge in [0.1, 0.15) is 0 Å². The van der Waals surface area contributed by atoms with Gasteiger partial charge in [0.2, 0.25) is 10.0 Å². The van der Waals surface area contributed by atoms with E-state index in [2.05, 4.69) is 4.72 Å². The summed E-state index contributed by atoms with van der Waals surface area (Å²) in [5.74, 6) is 0. The Morgan fingerprint density at radius 3 is 2.59 bits per heavy atom. The van der Waals surface area contributed by atoms with Crippen LogP contribution in [0, 0.1) is 6.92 Å². The Morgan fingerprint density at radius 2 is 2.12 bits per heavy atom. The molecule has 5 nitrogen and oxygen atoms in total. The van der Waals surface area contributed by atoms with E-state index in [1.54, 1.807) is 6.92 Å². The summed E-state index contributed by atoms with van der Waals surface area (Å²) in [5.41, 5.74) is 6.40. The smallest absolute Gasteiger partial charge is 0.240 e. The molecule has 1 aromatic rings. The Hall–Kier alpha value is -0.820. The molecule has 1 aromatic carbocycles. The molecule has 0 fully saturated rings. The van der Waals surface area contributed by atoms with Gasteiger partial charge in [-0.05, 0) is 31.5 Å². The molecule has 0 saturated heterocycles. The first-order valence-corrected chi connectivity index (χ1v) is 6.83. The van der Waals surface area contributed by atoms with Crippen LogP contribution < -0.4 is 10.5 Å². The Labute approximate surface area is 106 Å². The standard InChI is InChI=1S/C10H15ClN2O3S/c1-6-3-8(4-9(12)10(6)11)17(15,16)13-5-7(2)14/h3-4,7,13-14H,5,12H2,1-2H3. The summed E-state index contributed by atoms with van der Waals surface area (Å²) in [4.78, 5) is 0.0394. The second-order valence-corrected chi connectivity index (χ2v) is 5.99. The second kappa shape index (κ2) is 5.22. The third-order valence-corrected chi connectivity index (χ3v) is 4.05. The van der Waals surface area contributed by atoms with E-state index < -0.39 is 16.1 Å². The number of halogens is 1. The van der Waals surface area contributed by atoms with Crippen molar-refractivity contribution in [1.29, 1.82) is 0 Å². The van der Waals surface area contributed by atoms with E-state index in [-0.39, 0.29) is 17.1 Å². The molecule has 0 aliphatic carbocycles. The van der Waals surface area contributed by atoms with Crippen LogP contribution in [0.4, 0.5) is 5.69 Å². The predicted octanol–water partition coefficient (Wildman–Crippen LogP) is 0.890. The van der Waals surface area contributed by atoms with E-state index in [9.17, 15) is 8.42 Å². The molecule has 1 unspecified atom stereocenters. The van der Waals surface area contributed by atoms with Crippen LogP contribution >= 0.6 is 11.6 Å². The fourth-order valence-electron chi connectivity index (χ4n) is 1.23. The zero-order valence-corrected chi connectivity index (χ0v) is 11.1. The highest BCUT2D eigenvalue weighted by Gasteiger charge is 2.17. The quantitative estimate of drug-likeness (QED) is 0.713. The lowest BCUT2D eigenvalue weighted by molar-refractivity contribution is 0.198. The van der Waals surface area contributed by atoms with Gasteiger partial charge in [0.05, 0.1) is 21.7 Å². The van der Waals surface area contributed by atoms with E-state index in [4.69, 9.17) is 22.4 Å². The van der Waals surface area contributed by atoms with E-state index in [0.29, 0.717) is 10.6 Å². The van der Waals surface area contributed by atoms with E-state index in [0.717, 1.165) is 0 Å². The lowest BCUT2D eigenvalue weighted by Crippen LogP contribution is -2.30. The van der Waals surface area contributed by atoms with Crippen LogP contribution in [-0.4, -0.2) is 26.2 Å². The molecule has 1 rings (SSSR count). The van der Waals surface area contributed by atoms with Gasteiger partial charge >= 0.3 is 0 Å². The molecule has 0 aliphatic rings. The Balaban J connectivity index is 3.08. The largest absolute Gasteiger partial charge is 0.397 e. The summed E-state index contributed by atoms with van der Waals surface area (Å²) in [6.07, 6.45) is -0.754. The number of aryl methyl sites for hydroxylation is 1. The maximum absolute atomic E-state index is 11.8. The lowest BCUT2D eigenvalue weighted by Gasteiger charge is -2.10. The first kappa shape index (κ1) is 14.2. The Kier molecular flexibility index (Phi) is 4.37. The van der Waals surface area contributed by atoms with Gasteiger partial charge in [-0.3, -0.25) is 0 Å². The molecule has 1 atom stereocenters. The zero-order chi connectivity index (χ0) is 13.2. The van der Waals surface area contributed by atoms with Crippen molar-refractivity contribution in [3.63, 3.8) is 0 Å². The Morgan fingerprint density at radius 1 is 1.53 bits per heavy atom. The number of nitrogens with one attached hydrogen (secondary N) is 1. The van der Waals surface area contributed by atoms with Gasteiger partial charge in [-0.25, -0.2) is 13.1 Å². The fraction of sp³-hybridized carbons (Fsp3) is 0.400. The molecular formula is C10H15ClN2O3S. The average Bonchev–Trinajstić information content (AvgIpc) is 2.22. The van der Waals surface area contributed by atoms with Crippen molar-refractivity contribution in [3.8, 4) is 0 Å². The molecule has 0 saturated carbocycles. The van der Waals surface area contributed by atoms with Crippen LogP contribution in [0.1, 0.15) is 12.5 Å². The predicted molar refractivity (Wildman–Crippen MR) is 67.5 cm³/mol. The van der Waals surface area contributed by atoms with Crippen LogP contribution in [0.5, 0.6) is 0 Å². The third-order valence-electron chi connectivity index (χ3n) is 2.14. The number of rotatable bonds is 4. The van der Waals surface area contributed by atoms with Gasteiger partial charge in [0, 0.05) is 6.54 Å². The lowest BCUT2D eigenvalue weighted by atomic mass is 10.2. The molecular weight excluding hydrogens is 264 g/mol. The van der Waals surface area contributed by atoms with Gasteiger partial charge in [-0.1, -0.05) is 11.6 Å². The molecule has 0 spiro atoms. The third kappa shape index (κ3) is 3.57. The minimum Gasteiger partial charge on any atom is -0.397 e. The van der Waals surface area contributed by atoms with Gasteiger partial charge < -0.3 is 10.8 Å². The molecule has 7 heteroatoms. The van der Waals surface area contributed by atoms with Crippen LogP contribution in [0.15, 0.2) is 17.0 Å². The first-order chi connectivity index (χ1) is 7.74. The van der Waals surface area contributed by atoms with Crippen LogP contribution in [0.25, 0.3) is 0 Å². The summed E-state index contributed by atoms with van der Waals surface area (Å²) in [6.45, 7) is 3.11. The number of anilines is 1. The highest BCUT2D eigenvalue weighted by molar-refractivity contribution is 7.89. The average molecular weight is 279 g/mol. The number of hydrogen-bond acceptors (Lipinski definition) is 4. The van der Waals surface area contributed by atoms with Crippen molar-refractivity contribution in [2.45, 2.75) is 24.8 Å². The van der Waals surface area contributed by atoms with Crippen molar-refractivity contribution in [2.75, 3.05) is 12.3 Å². The second-order valence-electron chi connectivity index (χ2n) is 3.84. The highest BCUT2D eigenvalue weighted by atomic mass is 35.5. The molecule has 4 N–H and O–H groups in total. The fourth-order valence-corrected chi connectivity index (χ4v) is 2.58. The van der Waals surface area contributed by atoms with Gasteiger partial charge in [-0.2, -0.15) is 0 Å². The number of aliphatic hydroxyl groups excluding tert-OH is 1. The number of nitrogen functional groups attached to an aromatic ring is 1. The van der Waals surface area contributed by atoms with Crippen molar-refractivity contribution in [3.05, 3.63) is 22.7 Å². The topological polar surface area (TPSA) is 92.4 Å². The summed E-state index contributed by atoms with van der Waals surface area (Å²) < 4.78 is 25.9. The summed E-state index contributed by atoms with van der Waals surface area (Å²) in [6, 6.07) is 2.72. The maximum atomic E-state index is 11.8. The van der Waals surface area contributed by atoms with Gasteiger partial charge in [0.25, 0.3) is 0 Å². The summed E-state index contributed by atoms with van der Waals surface area (Å²) >= 11 is 5.85. The number of sulfonamides is 1. The minimum atomic E-state index is -3.67. The molecule has 0 heterocycles. The monoisotopic (exact) mass is 278 g/mol. The van der Waals surface area contributed by atoms with Crippen LogP contribution in [0.3, 0.4) is 0 Å². The SMILES string of the molecule is Cc1cc(S(=O)(=O)NCC(C)O)cc(N)c1Cl. The molecule has 0 aromatic heterocycles. The van der Waals surface area contributed by atoms with Crippen molar-refractivity contribution < 1.29 is 13.5 Å².